The van der Waals surface area contributed by atoms with Crippen molar-refractivity contribution in [1.29, 1.82) is 0 Å². The van der Waals surface area contributed by atoms with E-state index in [4.69, 9.17) is 5.73 Å². The number of nitrogens with two attached hydrogens (primary N) is 1. The van der Waals surface area contributed by atoms with Crippen LogP contribution in [-0.2, 0) is 9.59 Å². The fourth-order valence-corrected chi connectivity index (χ4v) is 0.618. The van der Waals surface area contributed by atoms with Crippen LogP contribution >= 0.6 is 0 Å². The summed E-state index contributed by atoms with van der Waals surface area (Å²) in [5.74, 6) is -0.875. The van der Waals surface area contributed by atoms with E-state index in [9.17, 15) is 9.59 Å². The first kappa shape index (κ1) is 13.5. The molecule has 0 amide bonds. The number of rotatable bonds is 3. The molecule has 0 fully saturated rings. The van der Waals surface area contributed by atoms with Crippen LogP contribution < -0.4 is 5.73 Å². The topological polar surface area (TPSA) is 60.2 Å². The SMILES string of the molecule is CC(=O)C(CN)C(C)=O.[KH]. The van der Waals surface area contributed by atoms with Gasteiger partial charge in [0.2, 0.25) is 0 Å². The second-order valence-electron chi connectivity index (χ2n) is 2.01. The second kappa shape index (κ2) is 6.63. The molecule has 0 heterocycles. The van der Waals surface area contributed by atoms with Crippen molar-refractivity contribution in [2.24, 2.45) is 11.7 Å². The summed E-state index contributed by atoms with van der Waals surface area (Å²) in [6, 6.07) is 0. The fourth-order valence-electron chi connectivity index (χ4n) is 0.618. The molecule has 0 radical (unpaired) electrons. The maximum atomic E-state index is 10.5. The minimum absolute atomic E-state index is 0. The van der Waals surface area contributed by atoms with Gasteiger partial charge in [0.1, 0.15) is 11.6 Å². The third kappa shape index (κ3) is 4.71. The summed E-state index contributed by atoms with van der Waals surface area (Å²) in [4.78, 5) is 21.0. The van der Waals surface area contributed by atoms with Gasteiger partial charge in [-0.2, -0.15) is 0 Å². The average Bonchev–Trinajstić information content (AvgIpc) is 1.64. The van der Waals surface area contributed by atoms with Crippen LogP contribution in [0.15, 0.2) is 0 Å². The quantitative estimate of drug-likeness (QED) is 0.439. The van der Waals surface area contributed by atoms with Gasteiger partial charge in [-0.3, -0.25) is 9.59 Å². The average molecular weight is 169 g/mol. The van der Waals surface area contributed by atoms with Crippen LogP contribution in [0.1, 0.15) is 13.8 Å². The molecule has 2 N–H and O–H groups in total. The van der Waals surface area contributed by atoms with E-state index in [1.165, 1.54) is 13.8 Å². The molecule has 0 aliphatic rings. The van der Waals surface area contributed by atoms with Crippen molar-refractivity contribution in [2.45, 2.75) is 13.8 Å². The molecule has 0 aromatic carbocycles. The van der Waals surface area contributed by atoms with E-state index in [2.05, 4.69) is 0 Å². The summed E-state index contributed by atoms with van der Waals surface area (Å²) < 4.78 is 0. The third-order valence-electron chi connectivity index (χ3n) is 1.22. The molecule has 0 unspecified atom stereocenters. The normalized spacial score (nSPS) is 8.80. The van der Waals surface area contributed by atoms with E-state index >= 15 is 0 Å². The van der Waals surface area contributed by atoms with E-state index in [1.54, 1.807) is 0 Å². The van der Waals surface area contributed by atoms with Gasteiger partial charge in [0.05, 0.1) is 5.92 Å². The Labute approximate surface area is 103 Å². The van der Waals surface area contributed by atoms with Crippen LogP contribution in [0.4, 0.5) is 0 Å². The Kier molecular flexibility index (Phi) is 8.97. The van der Waals surface area contributed by atoms with Crippen molar-refractivity contribution < 1.29 is 9.59 Å². The Balaban J connectivity index is 0. The molecule has 10 heavy (non-hydrogen) atoms. The van der Waals surface area contributed by atoms with Crippen molar-refractivity contribution in [3.8, 4) is 0 Å². The van der Waals surface area contributed by atoms with Crippen LogP contribution in [0.5, 0.6) is 0 Å². The number of hydrogen-bond donors (Lipinski definition) is 1. The molecule has 0 aliphatic heterocycles. The summed E-state index contributed by atoms with van der Waals surface area (Å²) in [6.07, 6.45) is 0. The molecule has 0 saturated carbocycles. The Morgan fingerprint density at radius 3 is 1.60 bits per heavy atom. The summed E-state index contributed by atoms with van der Waals surface area (Å²) in [7, 11) is 0. The van der Waals surface area contributed by atoms with Crippen molar-refractivity contribution in [3.63, 3.8) is 0 Å². The van der Waals surface area contributed by atoms with Gasteiger partial charge >= 0.3 is 51.4 Å². The van der Waals surface area contributed by atoms with Gasteiger partial charge in [0.15, 0.2) is 0 Å². The standard InChI is InChI=1S/C6H11NO2.K.H/c1-4(8)6(3-7)5(2)9;;/h6H,3,7H2,1-2H3;;. The second-order valence-corrected chi connectivity index (χ2v) is 2.01. The van der Waals surface area contributed by atoms with E-state index in [1.807, 2.05) is 0 Å². The Morgan fingerprint density at radius 1 is 1.30 bits per heavy atom. The van der Waals surface area contributed by atoms with Crippen LogP contribution in [0.25, 0.3) is 0 Å². The zero-order valence-electron chi connectivity index (χ0n) is 5.68. The summed E-state index contributed by atoms with van der Waals surface area (Å²) in [6.45, 7) is 2.88. The molecule has 0 bridgehead atoms. The first-order chi connectivity index (χ1) is 4.09. The predicted octanol–water partition coefficient (Wildman–Crippen LogP) is -0.909. The molecule has 0 spiro atoms. The minimum atomic E-state index is -0.579. The number of carbonyl (C=O) groups is 2. The molecule has 0 aromatic rings. The molecular weight excluding hydrogens is 157 g/mol. The predicted molar refractivity (Wildman–Crippen MR) is 41.1 cm³/mol. The Hall–Kier alpha value is 0.936. The van der Waals surface area contributed by atoms with Crippen molar-refractivity contribution in [2.75, 3.05) is 6.54 Å². The molecule has 4 heteroatoms. The molecule has 0 rings (SSSR count). The van der Waals surface area contributed by atoms with Gasteiger partial charge in [-0.15, -0.1) is 0 Å². The van der Waals surface area contributed by atoms with Crippen molar-refractivity contribution in [3.05, 3.63) is 0 Å². The molecule has 0 atom stereocenters. The van der Waals surface area contributed by atoms with E-state index in [-0.39, 0.29) is 69.5 Å². The van der Waals surface area contributed by atoms with Crippen molar-refractivity contribution >= 4 is 63.0 Å². The molecular formula is C6H12KNO2. The molecule has 3 nitrogen and oxygen atoms in total. The van der Waals surface area contributed by atoms with E-state index < -0.39 is 5.92 Å². The zero-order chi connectivity index (χ0) is 7.44. The van der Waals surface area contributed by atoms with Gasteiger partial charge in [-0.05, 0) is 13.8 Å². The number of Topliss-reactive ketones (excluding diaryl/α,β-unsaturated/α-hetero) is 2. The summed E-state index contributed by atoms with van der Waals surface area (Å²) in [5.41, 5.74) is 5.13. The summed E-state index contributed by atoms with van der Waals surface area (Å²) in [5, 5.41) is 0. The zero-order valence-corrected chi connectivity index (χ0v) is 5.68. The van der Waals surface area contributed by atoms with Gasteiger partial charge in [0.25, 0.3) is 0 Å². The van der Waals surface area contributed by atoms with Crippen LogP contribution in [-0.4, -0.2) is 69.5 Å². The number of carbonyl (C=O) groups excluding carboxylic acids is 2. The maximum absolute atomic E-state index is 10.5. The van der Waals surface area contributed by atoms with Gasteiger partial charge in [0, 0.05) is 6.54 Å². The third-order valence-corrected chi connectivity index (χ3v) is 1.22. The monoisotopic (exact) mass is 169 g/mol. The first-order valence-corrected chi connectivity index (χ1v) is 2.80. The molecule has 0 aromatic heterocycles. The van der Waals surface area contributed by atoms with Crippen LogP contribution in [0.2, 0.25) is 0 Å². The van der Waals surface area contributed by atoms with E-state index in [0.717, 1.165) is 0 Å². The van der Waals surface area contributed by atoms with E-state index in [0.29, 0.717) is 0 Å². The van der Waals surface area contributed by atoms with Crippen LogP contribution in [0, 0.1) is 5.92 Å². The van der Waals surface area contributed by atoms with Gasteiger partial charge in [-0.1, -0.05) is 0 Å². The molecule has 0 aliphatic carbocycles. The summed E-state index contributed by atoms with van der Waals surface area (Å²) >= 11 is 0. The Bertz CT molecular complexity index is 122. The molecule has 54 valence electrons. The van der Waals surface area contributed by atoms with Gasteiger partial charge < -0.3 is 5.73 Å². The number of hydrogen-bond acceptors (Lipinski definition) is 3. The van der Waals surface area contributed by atoms with Gasteiger partial charge in [-0.25, -0.2) is 0 Å². The number of ketones is 2. The first-order valence-electron chi connectivity index (χ1n) is 2.80. The fraction of sp³-hybridized carbons (Fsp3) is 0.667. The molecule has 0 saturated heterocycles. The Morgan fingerprint density at radius 2 is 1.60 bits per heavy atom. The van der Waals surface area contributed by atoms with Crippen LogP contribution in [0.3, 0.4) is 0 Å². The van der Waals surface area contributed by atoms with Crippen molar-refractivity contribution in [1.82, 2.24) is 0 Å².